The SMILES string of the molecule is O=C1Cc2cc(NC(=O)c3cc(Cl)ccc3Cl)ccc2N1. The zero-order chi connectivity index (χ0) is 15.0. The average Bonchev–Trinajstić information content (AvgIpc) is 2.80. The van der Waals surface area contributed by atoms with E-state index < -0.39 is 0 Å². The van der Waals surface area contributed by atoms with Crippen molar-refractivity contribution in [2.24, 2.45) is 0 Å². The van der Waals surface area contributed by atoms with Gasteiger partial charge in [-0.25, -0.2) is 0 Å². The summed E-state index contributed by atoms with van der Waals surface area (Å²) in [6, 6.07) is 9.95. The van der Waals surface area contributed by atoms with E-state index in [0.29, 0.717) is 27.7 Å². The van der Waals surface area contributed by atoms with Gasteiger partial charge in [-0.05, 0) is 42.0 Å². The number of carbonyl (C=O) groups excluding carboxylic acids is 2. The molecule has 1 aliphatic heterocycles. The number of benzene rings is 2. The number of halogens is 2. The number of anilines is 2. The lowest BCUT2D eigenvalue weighted by Crippen LogP contribution is -2.12. The topological polar surface area (TPSA) is 58.2 Å². The molecule has 0 fully saturated rings. The van der Waals surface area contributed by atoms with Crippen LogP contribution in [0.25, 0.3) is 0 Å². The molecular weight excluding hydrogens is 311 g/mol. The molecule has 2 amide bonds. The predicted molar refractivity (Wildman–Crippen MR) is 83.2 cm³/mol. The number of rotatable bonds is 2. The van der Waals surface area contributed by atoms with Crippen molar-refractivity contribution in [1.82, 2.24) is 0 Å². The summed E-state index contributed by atoms with van der Waals surface area (Å²) in [5.74, 6) is -0.397. The third kappa shape index (κ3) is 2.86. The van der Waals surface area contributed by atoms with Crippen molar-refractivity contribution in [2.45, 2.75) is 6.42 Å². The van der Waals surface area contributed by atoms with Gasteiger partial charge in [0.2, 0.25) is 5.91 Å². The summed E-state index contributed by atoms with van der Waals surface area (Å²) in [6.07, 6.45) is 0.316. The predicted octanol–water partition coefficient (Wildman–Crippen LogP) is 3.74. The molecule has 2 aromatic rings. The van der Waals surface area contributed by atoms with Crippen LogP contribution in [0.15, 0.2) is 36.4 Å². The summed E-state index contributed by atoms with van der Waals surface area (Å²) in [5.41, 5.74) is 2.54. The Balaban J connectivity index is 1.84. The Morgan fingerprint density at radius 2 is 1.95 bits per heavy atom. The van der Waals surface area contributed by atoms with Crippen molar-refractivity contribution >= 4 is 46.4 Å². The van der Waals surface area contributed by atoms with Crippen LogP contribution in [0.1, 0.15) is 15.9 Å². The maximum absolute atomic E-state index is 12.2. The molecule has 2 aromatic carbocycles. The van der Waals surface area contributed by atoms with Gasteiger partial charge < -0.3 is 10.6 Å². The molecule has 3 rings (SSSR count). The molecule has 4 nitrogen and oxygen atoms in total. The van der Waals surface area contributed by atoms with Gasteiger partial charge in [0.1, 0.15) is 0 Å². The van der Waals surface area contributed by atoms with Gasteiger partial charge in [0.25, 0.3) is 5.91 Å². The third-order valence-electron chi connectivity index (χ3n) is 3.16. The number of hydrogen-bond acceptors (Lipinski definition) is 2. The van der Waals surface area contributed by atoms with Crippen molar-refractivity contribution in [3.63, 3.8) is 0 Å². The van der Waals surface area contributed by atoms with Gasteiger partial charge in [0.05, 0.1) is 17.0 Å². The first-order valence-electron chi connectivity index (χ1n) is 6.22. The van der Waals surface area contributed by atoms with Crippen LogP contribution in [0.5, 0.6) is 0 Å². The highest BCUT2D eigenvalue weighted by Gasteiger charge is 2.18. The zero-order valence-electron chi connectivity index (χ0n) is 10.7. The van der Waals surface area contributed by atoms with Crippen molar-refractivity contribution in [3.8, 4) is 0 Å². The van der Waals surface area contributed by atoms with Gasteiger partial charge >= 0.3 is 0 Å². The normalized spacial score (nSPS) is 12.8. The molecule has 0 bridgehead atoms. The van der Waals surface area contributed by atoms with E-state index in [-0.39, 0.29) is 11.8 Å². The standard InChI is InChI=1S/C15H10Cl2N2O2/c16-9-1-3-12(17)11(7-9)15(21)18-10-2-4-13-8(5-10)6-14(20)19-13/h1-5,7H,6H2,(H,18,21)(H,19,20). The second-order valence-corrected chi connectivity index (χ2v) is 5.52. The van der Waals surface area contributed by atoms with Crippen molar-refractivity contribution in [1.29, 1.82) is 0 Å². The molecule has 0 aromatic heterocycles. The second kappa shape index (κ2) is 5.39. The lowest BCUT2D eigenvalue weighted by molar-refractivity contribution is -0.115. The van der Waals surface area contributed by atoms with E-state index in [2.05, 4.69) is 10.6 Å². The zero-order valence-corrected chi connectivity index (χ0v) is 12.3. The van der Waals surface area contributed by atoms with Gasteiger partial charge in [-0.3, -0.25) is 9.59 Å². The Morgan fingerprint density at radius 1 is 1.14 bits per heavy atom. The Hall–Kier alpha value is -2.04. The highest BCUT2D eigenvalue weighted by molar-refractivity contribution is 6.36. The van der Waals surface area contributed by atoms with E-state index >= 15 is 0 Å². The largest absolute Gasteiger partial charge is 0.326 e. The van der Waals surface area contributed by atoms with Gasteiger partial charge in [-0.1, -0.05) is 23.2 Å². The van der Waals surface area contributed by atoms with Gasteiger partial charge in [-0.2, -0.15) is 0 Å². The molecule has 0 saturated heterocycles. The van der Waals surface area contributed by atoms with E-state index in [0.717, 1.165) is 11.3 Å². The quantitative estimate of drug-likeness (QED) is 0.885. The van der Waals surface area contributed by atoms with Crippen molar-refractivity contribution < 1.29 is 9.59 Å². The summed E-state index contributed by atoms with van der Waals surface area (Å²) < 4.78 is 0. The average molecular weight is 321 g/mol. The van der Waals surface area contributed by atoms with E-state index in [1.54, 1.807) is 30.3 Å². The molecule has 1 heterocycles. The molecule has 0 atom stereocenters. The first-order chi connectivity index (χ1) is 10.0. The summed E-state index contributed by atoms with van der Waals surface area (Å²) >= 11 is 11.9. The first kappa shape index (κ1) is 13.9. The minimum atomic E-state index is -0.347. The summed E-state index contributed by atoms with van der Waals surface area (Å²) in [6.45, 7) is 0. The van der Waals surface area contributed by atoms with Crippen LogP contribution in [0.3, 0.4) is 0 Å². The van der Waals surface area contributed by atoms with E-state index in [1.807, 2.05) is 0 Å². The number of nitrogens with one attached hydrogen (secondary N) is 2. The summed E-state index contributed by atoms with van der Waals surface area (Å²) in [5, 5.41) is 6.25. The molecule has 0 spiro atoms. The number of fused-ring (bicyclic) bond motifs is 1. The summed E-state index contributed by atoms with van der Waals surface area (Å²) in [4.78, 5) is 23.5. The van der Waals surface area contributed by atoms with Crippen LogP contribution < -0.4 is 10.6 Å². The maximum Gasteiger partial charge on any atom is 0.257 e. The van der Waals surface area contributed by atoms with Crippen LogP contribution >= 0.6 is 23.2 Å². The van der Waals surface area contributed by atoms with E-state index in [1.165, 1.54) is 6.07 Å². The lowest BCUT2D eigenvalue weighted by atomic mass is 10.1. The Labute approximate surface area is 131 Å². The molecule has 1 aliphatic rings. The van der Waals surface area contributed by atoms with Gasteiger partial charge in [0.15, 0.2) is 0 Å². The molecule has 0 saturated carbocycles. The molecule has 2 N–H and O–H groups in total. The van der Waals surface area contributed by atoms with Crippen molar-refractivity contribution in [3.05, 3.63) is 57.6 Å². The molecule has 21 heavy (non-hydrogen) atoms. The number of amides is 2. The Bertz CT molecular complexity index is 759. The fraction of sp³-hybridized carbons (Fsp3) is 0.0667. The maximum atomic E-state index is 12.2. The highest BCUT2D eigenvalue weighted by Crippen LogP contribution is 2.27. The van der Waals surface area contributed by atoms with Crippen LogP contribution in [-0.4, -0.2) is 11.8 Å². The van der Waals surface area contributed by atoms with Crippen molar-refractivity contribution in [2.75, 3.05) is 10.6 Å². The van der Waals surface area contributed by atoms with E-state index in [9.17, 15) is 9.59 Å². The number of hydrogen-bond donors (Lipinski definition) is 2. The fourth-order valence-electron chi connectivity index (χ4n) is 2.18. The Kier molecular flexibility index (Phi) is 3.57. The highest BCUT2D eigenvalue weighted by atomic mass is 35.5. The lowest BCUT2D eigenvalue weighted by Gasteiger charge is -2.08. The van der Waals surface area contributed by atoms with E-state index in [4.69, 9.17) is 23.2 Å². The van der Waals surface area contributed by atoms with Crippen LogP contribution in [0.2, 0.25) is 10.0 Å². The molecule has 0 unspecified atom stereocenters. The van der Waals surface area contributed by atoms with Gasteiger partial charge in [-0.15, -0.1) is 0 Å². The smallest absolute Gasteiger partial charge is 0.257 e. The molecule has 6 heteroatoms. The first-order valence-corrected chi connectivity index (χ1v) is 6.98. The Morgan fingerprint density at radius 3 is 2.76 bits per heavy atom. The van der Waals surface area contributed by atoms with Crippen LogP contribution in [-0.2, 0) is 11.2 Å². The second-order valence-electron chi connectivity index (χ2n) is 4.68. The monoisotopic (exact) mass is 320 g/mol. The van der Waals surface area contributed by atoms with Gasteiger partial charge in [0, 0.05) is 16.4 Å². The summed E-state index contributed by atoms with van der Waals surface area (Å²) in [7, 11) is 0. The minimum Gasteiger partial charge on any atom is -0.326 e. The molecule has 106 valence electrons. The van der Waals surface area contributed by atoms with Crippen LogP contribution in [0, 0.1) is 0 Å². The third-order valence-corrected chi connectivity index (χ3v) is 3.73. The van der Waals surface area contributed by atoms with Crippen LogP contribution in [0.4, 0.5) is 11.4 Å². The number of carbonyl (C=O) groups is 2. The molecule has 0 aliphatic carbocycles. The molecule has 0 radical (unpaired) electrons. The molecular formula is C15H10Cl2N2O2. The minimum absolute atomic E-state index is 0.0497. The fourth-order valence-corrected chi connectivity index (χ4v) is 2.55.